The maximum absolute atomic E-state index is 6.47. The van der Waals surface area contributed by atoms with Crippen molar-refractivity contribution >= 4 is 11.6 Å². The molecule has 4 nitrogen and oxygen atoms in total. The van der Waals surface area contributed by atoms with Gasteiger partial charge in [-0.05, 0) is 32.7 Å². The van der Waals surface area contributed by atoms with Crippen LogP contribution in [0.5, 0.6) is 0 Å². The molecule has 0 aromatic carbocycles. The van der Waals surface area contributed by atoms with Crippen LogP contribution in [-0.4, -0.2) is 34.6 Å². The zero-order valence-corrected chi connectivity index (χ0v) is 13.8. The largest absolute Gasteiger partial charge is 0.374 e. The van der Waals surface area contributed by atoms with Gasteiger partial charge >= 0.3 is 0 Å². The Bertz CT molecular complexity index is 452. The molecule has 0 saturated carbocycles. The zero-order chi connectivity index (χ0) is 14.8. The van der Waals surface area contributed by atoms with Crippen LogP contribution in [0.3, 0.4) is 0 Å². The van der Waals surface area contributed by atoms with Crippen LogP contribution in [-0.2, 0) is 24.6 Å². The highest BCUT2D eigenvalue weighted by Gasteiger charge is 2.38. The predicted octanol–water partition coefficient (Wildman–Crippen LogP) is 2.73. The number of ether oxygens (including phenoxy) is 1. The van der Waals surface area contributed by atoms with E-state index < -0.39 is 0 Å². The Kier molecular flexibility index (Phi) is 5.10. The highest BCUT2D eigenvalue weighted by atomic mass is 35.5. The lowest BCUT2D eigenvalue weighted by Gasteiger charge is -2.34. The zero-order valence-electron chi connectivity index (χ0n) is 13.0. The number of hydrogen-bond donors (Lipinski definition) is 1. The van der Waals surface area contributed by atoms with Crippen LogP contribution in [0.15, 0.2) is 0 Å². The minimum Gasteiger partial charge on any atom is -0.374 e. The average Bonchev–Trinajstić information content (AvgIpc) is 2.97. The first kappa shape index (κ1) is 15.8. The summed E-state index contributed by atoms with van der Waals surface area (Å²) >= 11 is 6.47. The van der Waals surface area contributed by atoms with E-state index in [1.807, 2.05) is 11.7 Å². The van der Waals surface area contributed by atoms with Gasteiger partial charge in [0, 0.05) is 26.1 Å². The number of rotatable bonds is 6. The van der Waals surface area contributed by atoms with Gasteiger partial charge in [-0.15, -0.1) is 0 Å². The quantitative estimate of drug-likeness (QED) is 0.878. The molecule has 1 saturated heterocycles. The highest BCUT2D eigenvalue weighted by Crippen LogP contribution is 2.32. The molecule has 1 N–H and O–H groups in total. The van der Waals surface area contributed by atoms with Gasteiger partial charge in [0.05, 0.1) is 22.0 Å². The van der Waals surface area contributed by atoms with Gasteiger partial charge in [0.2, 0.25) is 0 Å². The monoisotopic (exact) mass is 299 g/mol. The smallest absolute Gasteiger partial charge is 0.0850 e. The lowest BCUT2D eigenvalue weighted by Crippen LogP contribution is -2.50. The molecule has 114 valence electrons. The average molecular weight is 300 g/mol. The van der Waals surface area contributed by atoms with E-state index in [4.69, 9.17) is 16.3 Å². The van der Waals surface area contributed by atoms with Gasteiger partial charge in [-0.1, -0.05) is 25.4 Å². The lowest BCUT2D eigenvalue weighted by atomic mass is 9.89. The van der Waals surface area contributed by atoms with Crippen molar-refractivity contribution in [2.45, 2.75) is 58.1 Å². The summed E-state index contributed by atoms with van der Waals surface area (Å²) in [5.74, 6) is 0. The molecule has 2 atom stereocenters. The van der Waals surface area contributed by atoms with Crippen molar-refractivity contribution in [1.82, 2.24) is 15.1 Å². The third-order valence-corrected chi connectivity index (χ3v) is 4.77. The number of hydrogen-bond acceptors (Lipinski definition) is 3. The predicted molar refractivity (Wildman–Crippen MR) is 82.4 cm³/mol. The molecule has 0 aliphatic carbocycles. The van der Waals surface area contributed by atoms with E-state index in [1.165, 1.54) is 0 Å². The molecule has 0 radical (unpaired) electrons. The normalized spacial score (nSPS) is 24.2. The standard InChI is InChI=1S/C15H26ClN3O/c1-5-11-14(16)12(19(4)18-11)10-13(17-6-2)15(3)8-7-9-20-15/h13,17H,5-10H2,1-4H3. The van der Waals surface area contributed by atoms with Crippen molar-refractivity contribution in [3.63, 3.8) is 0 Å². The van der Waals surface area contributed by atoms with Crippen LogP contribution in [0, 0.1) is 0 Å². The van der Waals surface area contributed by atoms with Gasteiger partial charge in [0.15, 0.2) is 0 Å². The van der Waals surface area contributed by atoms with Gasteiger partial charge < -0.3 is 10.1 Å². The number of nitrogens with zero attached hydrogens (tertiary/aromatic N) is 2. The van der Waals surface area contributed by atoms with E-state index in [0.29, 0.717) is 0 Å². The molecule has 2 heterocycles. The lowest BCUT2D eigenvalue weighted by molar-refractivity contribution is -0.0114. The molecule has 1 fully saturated rings. The minimum absolute atomic E-state index is 0.101. The fraction of sp³-hybridized carbons (Fsp3) is 0.800. The van der Waals surface area contributed by atoms with Gasteiger partial charge in [0.25, 0.3) is 0 Å². The first-order valence-electron chi connectivity index (χ1n) is 7.59. The second-order valence-electron chi connectivity index (χ2n) is 5.76. The first-order chi connectivity index (χ1) is 9.51. The second kappa shape index (κ2) is 6.46. The maximum atomic E-state index is 6.47. The summed E-state index contributed by atoms with van der Waals surface area (Å²) in [7, 11) is 1.97. The van der Waals surface area contributed by atoms with Crippen molar-refractivity contribution in [2.75, 3.05) is 13.2 Å². The van der Waals surface area contributed by atoms with Crippen LogP contribution >= 0.6 is 11.6 Å². The van der Waals surface area contributed by atoms with Gasteiger partial charge in [0.1, 0.15) is 0 Å². The van der Waals surface area contributed by atoms with E-state index in [9.17, 15) is 0 Å². The van der Waals surface area contributed by atoms with Crippen molar-refractivity contribution in [1.29, 1.82) is 0 Å². The van der Waals surface area contributed by atoms with Crippen LogP contribution in [0.4, 0.5) is 0 Å². The molecular formula is C15H26ClN3O. The summed E-state index contributed by atoms with van der Waals surface area (Å²) in [6, 6.07) is 0.271. The van der Waals surface area contributed by atoms with Crippen molar-refractivity contribution in [3.8, 4) is 0 Å². The second-order valence-corrected chi connectivity index (χ2v) is 6.14. The Labute approximate surface area is 126 Å². The summed E-state index contributed by atoms with van der Waals surface area (Å²) in [5, 5.41) is 8.90. The third kappa shape index (κ3) is 3.02. The molecule has 0 bridgehead atoms. The fourth-order valence-electron chi connectivity index (χ4n) is 3.06. The van der Waals surface area contributed by atoms with Gasteiger partial charge in [-0.2, -0.15) is 5.10 Å². The van der Waals surface area contributed by atoms with E-state index in [-0.39, 0.29) is 11.6 Å². The van der Waals surface area contributed by atoms with Crippen LogP contribution in [0.1, 0.15) is 45.0 Å². The molecule has 2 rings (SSSR count). The summed E-state index contributed by atoms with van der Waals surface area (Å²) in [5.41, 5.74) is 1.99. The topological polar surface area (TPSA) is 39.1 Å². The Hall–Kier alpha value is -0.580. The first-order valence-corrected chi connectivity index (χ1v) is 7.97. The molecule has 20 heavy (non-hydrogen) atoms. The van der Waals surface area contributed by atoms with E-state index in [2.05, 4.69) is 31.2 Å². The Balaban J connectivity index is 2.22. The number of halogens is 1. The van der Waals surface area contributed by atoms with Crippen molar-refractivity contribution < 1.29 is 4.74 Å². The fourth-order valence-corrected chi connectivity index (χ4v) is 3.43. The number of nitrogens with one attached hydrogen (secondary N) is 1. The number of aromatic nitrogens is 2. The molecule has 1 aliphatic heterocycles. The summed E-state index contributed by atoms with van der Waals surface area (Å²) in [6.07, 6.45) is 3.96. The SMILES string of the molecule is CCNC(Cc1c(Cl)c(CC)nn1C)C1(C)CCCO1. The Morgan fingerprint density at radius 3 is 2.75 bits per heavy atom. The molecule has 1 aliphatic rings. The molecular weight excluding hydrogens is 274 g/mol. The van der Waals surface area contributed by atoms with E-state index in [1.54, 1.807) is 0 Å². The van der Waals surface area contributed by atoms with E-state index >= 15 is 0 Å². The molecule has 1 aromatic heterocycles. The summed E-state index contributed by atoms with van der Waals surface area (Å²) in [4.78, 5) is 0. The van der Waals surface area contributed by atoms with Gasteiger partial charge in [-0.3, -0.25) is 4.68 Å². The highest BCUT2D eigenvalue weighted by molar-refractivity contribution is 6.31. The maximum Gasteiger partial charge on any atom is 0.0850 e. The van der Waals surface area contributed by atoms with Crippen molar-refractivity contribution in [3.05, 3.63) is 16.4 Å². The molecule has 0 spiro atoms. The molecule has 0 amide bonds. The molecule has 1 aromatic rings. The van der Waals surface area contributed by atoms with E-state index in [0.717, 1.165) is 55.2 Å². The van der Waals surface area contributed by atoms with Crippen LogP contribution in [0.2, 0.25) is 5.02 Å². The third-order valence-electron chi connectivity index (χ3n) is 4.34. The number of aryl methyl sites for hydroxylation is 2. The Morgan fingerprint density at radius 2 is 2.25 bits per heavy atom. The Morgan fingerprint density at radius 1 is 1.50 bits per heavy atom. The summed E-state index contributed by atoms with van der Waals surface area (Å²) < 4.78 is 7.93. The van der Waals surface area contributed by atoms with Crippen LogP contribution < -0.4 is 5.32 Å². The molecule has 5 heteroatoms. The van der Waals surface area contributed by atoms with Crippen molar-refractivity contribution in [2.24, 2.45) is 7.05 Å². The minimum atomic E-state index is -0.101. The number of likely N-dealkylation sites (N-methyl/N-ethyl adjacent to an activating group) is 1. The van der Waals surface area contributed by atoms with Gasteiger partial charge in [-0.25, -0.2) is 0 Å². The van der Waals surface area contributed by atoms with Crippen LogP contribution in [0.25, 0.3) is 0 Å². The molecule has 2 unspecified atom stereocenters. The summed E-state index contributed by atoms with van der Waals surface area (Å²) in [6.45, 7) is 8.21.